The molecular formula is C15H16N4O2. The molecule has 21 heavy (non-hydrogen) atoms. The summed E-state index contributed by atoms with van der Waals surface area (Å²) in [6, 6.07) is 11.5. The molecule has 0 fully saturated rings. The molecule has 108 valence electrons. The number of aliphatic hydroxyl groups is 1. The maximum atomic E-state index is 8.96. The fraction of sp³-hybridized carbons (Fsp3) is 0.200. The number of nitrogens with zero attached hydrogens (tertiary/aromatic N) is 2. The number of aromatic nitrogens is 2. The molecule has 6 nitrogen and oxygen atoms in total. The topological polar surface area (TPSA) is 83.2 Å². The molecule has 0 saturated carbocycles. The lowest BCUT2D eigenvalue weighted by atomic mass is 10.2. The number of hydrogen-bond donors (Lipinski definition) is 3. The van der Waals surface area contributed by atoms with E-state index < -0.39 is 0 Å². The standard InChI is InChI=1S/C15H16N4O2/c20-8-7-16-14-12-5-1-2-6-13(12)18-15(19-14)17-10-11-4-3-9-21-11/h1-6,9,20H,7-8,10H2,(H2,16,17,18,19). The van der Waals surface area contributed by atoms with Gasteiger partial charge >= 0.3 is 0 Å². The van der Waals surface area contributed by atoms with E-state index in [0.29, 0.717) is 24.9 Å². The summed E-state index contributed by atoms with van der Waals surface area (Å²) >= 11 is 0. The van der Waals surface area contributed by atoms with Crippen molar-refractivity contribution in [3.8, 4) is 0 Å². The van der Waals surface area contributed by atoms with E-state index in [1.807, 2.05) is 36.4 Å². The Morgan fingerprint density at radius 3 is 2.76 bits per heavy atom. The second-order valence-corrected chi connectivity index (χ2v) is 4.50. The van der Waals surface area contributed by atoms with Crippen LogP contribution in [-0.4, -0.2) is 28.2 Å². The summed E-state index contributed by atoms with van der Waals surface area (Å²) in [5.41, 5.74) is 0.842. The number of furan rings is 1. The van der Waals surface area contributed by atoms with Gasteiger partial charge in [-0.2, -0.15) is 4.98 Å². The van der Waals surface area contributed by atoms with E-state index >= 15 is 0 Å². The van der Waals surface area contributed by atoms with Gasteiger partial charge in [0.15, 0.2) is 0 Å². The Balaban J connectivity index is 1.87. The van der Waals surface area contributed by atoms with Crippen LogP contribution in [0.3, 0.4) is 0 Å². The number of nitrogens with one attached hydrogen (secondary N) is 2. The van der Waals surface area contributed by atoms with Gasteiger partial charge in [0.1, 0.15) is 11.6 Å². The number of hydrogen-bond acceptors (Lipinski definition) is 6. The zero-order valence-electron chi connectivity index (χ0n) is 11.4. The minimum absolute atomic E-state index is 0.0491. The molecule has 3 aromatic rings. The summed E-state index contributed by atoms with van der Waals surface area (Å²) in [7, 11) is 0. The maximum absolute atomic E-state index is 8.96. The van der Waals surface area contributed by atoms with Crippen LogP contribution in [0, 0.1) is 0 Å². The molecule has 0 aliphatic heterocycles. The fourth-order valence-electron chi connectivity index (χ4n) is 2.04. The highest BCUT2D eigenvalue weighted by Crippen LogP contribution is 2.21. The molecule has 0 radical (unpaired) electrons. The van der Waals surface area contributed by atoms with Gasteiger partial charge in [-0.05, 0) is 24.3 Å². The minimum atomic E-state index is 0.0491. The number of benzene rings is 1. The third-order valence-electron chi connectivity index (χ3n) is 3.01. The van der Waals surface area contributed by atoms with Crippen LogP contribution in [0.4, 0.5) is 11.8 Å². The third kappa shape index (κ3) is 3.11. The average Bonchev–Trinajstić information content (AvgIpc) is 3.04. The minimum Gasteiger partial charge on any atom is -0.467 e. The van der Waals surface area contributed by atoms with Crippen LogP contribution in [0.15, 0.2) is 47.1 Å². The van der Waals surface area contributed by atoms with Gasteiger partial charge in [0.05, 0.1) is 24.9 Å². The maximum Gasteiger partial charge on any atom is 0.225 e. The average molecular weight is 284 g/mol. The van der Waals surface area contributed by atoms with Crippen molar-refractivity contribution in [3.05, 3.63) is 48.4 Å². The van der Waals surface area contributed by atoms with Gasteiger partial charge in [0.25, 0.3) is 0 Å². The Hall–Kier alpha value is -2.60. The highest BCUT2D eigenvalue weighted by molar-refractivity contribution is 5.89. The van der Waals surface area contributed by atoms with Crippen molar-refractivity contribution in [1.29, 1.82) is 0 Å². The summed E-state index contributed by atoms with van der Waals surface area (Å²) in [6.45, 7) is 1.01. The summed E-state index contributed by atoms with van der Waals surface area (Å²) < 4.78 is 5.27. The molecule has 0 unspecified atom stereocenters. The van der Waals surface area contributed by atoms with Crippen LogP contribution in [0.2, 0.25) is 0 Å². The first-order valence-electron chi connectivity index (χ1n) is 6.74. The lowest BCUT2D eigenvalue weighted by Gasteiger charge is -2.10. The predicted octanol–water partition coefficient (Wildman–Crippen LogP) is 2.24. The number of para-hydroxylation sites is 1. The van der Waals surface area contributed by atoms with Crippen LogP contribution in [0.5, 0.6) is 0 Å². The van der Waals surface area contributed by atoms with Crippen LogP contribution >= 0.6 is 0 Å². The summed E-state index contributed by atoms with van der Waals surface area (Å²) in [5, 5.41) is 16.1. The highest BCUT2D eigenvalue weighted by Gasteiger charge is 2.07. The molecule has 0 atom stereocenters. The zero-order valence-corrected chi connectivity index (χ0v) is 11.4. The number of rotatable bonds is 6. The molecule has 2 heterocycles. The lowest BCUT2D eigenvalue weighted by molar-refractivity contribution is 0.311. The number of anilines is 2. The van der Waals surface area contributed by atoms with E-state index in [1.54, 1.807) is 6.26 Å². The Labute approximate surface area is 121 Å². The first kappa shape index (κ1) is 13.4. The SMILES string of the molecule is OCCNc1nc(NCc2ccco2)nc2ccccc12. The van der Waals surface area contributed by atoms with Crippen molar-refractivity contribution in [1.82, 2.24) is 9.97 Å². The van der Waals surface area contributed by atoms with Crippen molar-refractivity contribution < 1.29 is 9.52 Å². The molecule has 0 spiro atoms. The quantitative estimate of drug-likeness (QED) is 0.644. The van der Waals surface area contributed by atoms with Crippen LogP contribution < -0.4 is 10.6 Å². The van der Waals surface area contributed by atoms with Crippen molar-refractivity contribution in [3.63, 3.8) is 0 Å². The lowest BCUT2D eigenvalue weighted by Crippen LogP contribution is -2.10. The molecule has 0 saturated heterocycles. The van der Waals surface area contributed by atoms with E-state index in [9.17, 15) is 0 Å². The third-order valence-corrected chi connectivity index (χ3v) is 3.01. The molecule has 2 aromatic heterocycles. The Morgan fingerprint density at radius 1 is 1.05 bits per heavy atom. The largest absolute Gasteiger partial charge is 0.467 e. The Kier molecular flexibility index (Phi) is 3.97. The van der Waals surface area contributed by atoms with Crippen LogP contribution in [0.1, 0.15) is 5.76 Å². The molecular weight excluding hydrogens is 268 g/mol. The number of fused-ring (bicyclic) bond motifs is 1. The predicted molar refractivity (Wildman–Crippen MR) is 81.1 cm³/mol. The van der Waals surface area contributed by atoms with Crippen molar-refractivity contribution in [2.24, 2.45) is 0 Å². The Bertz CT molecular complexity index is 713. The normalized spacial score (nSPS) is 10.7. The molecule has 0 amide bonds. The van der Waals surface area contributed by atoms with Gasteiger partial charge < -0.3 is 20.2 Å². The Morgan fingerprint density at radius 2 is 1.95 bits per heavy atom. The van der Waals surface area contributed by atoms with Gasteiger partial charge in [-0.3, -0.25) is 0 Å². The number of aliphatic hydroxyl groups excluding tert-OH is 1. The van der Waals surface area contributed by atoms with Crippen molar-refractivity contribution >= 4 is 22.7 Å². The first-order chi connectivity index (χ1) is 10.4. The molecule has 3 N–H and O–H groups in total. The molecule has 0 bridgehead atoms. The van der Waals surface area contributed by atoms with Gasteiger partial charge in [0.2, 0.25) is 5.95 Å². The summed E-state index contributed by atoms with van der Waals surface area (Å²) in [5.74, 6) is 2.04. The van der Waals surface area contributed by atoms with E-state index in [-0.39, 0.29) is 6.61 Å². The van der Waals surface area contributed by atoms with Gasteiger partial charge in [-0.15, -0.1) is 0 Å². The molecule has 3 rings (SSSR count). The fourth-order valence-corrected chi connectivity index (χ4v) is 2.04. The van der Waals surface area contributed by atoms with Crippen molar-refractivity contribution in [2.75, 3.05) is 23.8 Å². The highest BCUT2D eigenvalue weighted by atomic mass is 16.3. The van der Waals surface area contributed by atoms with Gasteiger partial charge in [0, 0.05) is 11.9 Å². The van der Waals surface area contributed by atoms with Crippen LogP contribution in [-0.2, 0) is 6.54 Å². The molecule has 1 aromatic carbocycles. The second kappa shape index (κ2) is 6.23. The molecule has 0 aliphatic rings. The van der Waals surface area contributed by atoms with Gasteiger partial charge in [-0.25, -0.2) is 4.98 Å². The van der Waals surface area contributed by atoms with Crippen molar-refractivity contribution in [2.45, 2.75) is 6.54 Å². The first-order valence-corrected chi connectivity index (χ1v) is 6.74. The van der Waals surface area contributed by atoms with Gasteiger partial charge in [-0.1, -0.05) is 12.1 Å². The zero-order chi connectivity index (χ0) is 14.5. The second-order valence-electron chi connectivity index (χ2n) is 4.50. The summed E-state index contributed by atoms with van der Waals surface area (Å²) in [4.78, 5) is 8.93. The van der Waals surface area contributed by atoms with E-state index in [0.717, 1.165) is 16.7 Å². The smallest absolute Gasteiger partial charge is 0.225 e. The monoisotopic (exact) mass is 284 g/mol. The van der Waals surface area contributed by atoms with Crippen LogP contribution in [0.25, 0.3) is 10.9 Å². The molecule has 6 heteroatoms. The molecule has 0 aliphatic carbocycles. The van der Waals surface area contributed by atoms with E-state index in [4.69, 9.17) is 9.52 Å². The van der Waals surface area contributed by atoms with E-state index in [2.05, 4.69) is 20.6 Å². The summed E-state index contributed by atoms with van der Waals surface area (Å²) in [6.07, 6.45) is 1.63. The van der Waals surface area contributed by atoms with E-state index in [1.165, 1.54) is 0 Å².